The average Bonchev–Trinajstić information content (AvgIpc) is 1.29. The summed E-state index contributed by atoms with van der Waals surface area (Å²) in [5.74, 6) is -3.30. The summed E-state index contributed by atoms with van der Waals surface area (Å²) in [6.07, 6.45) is 3.70. The van der Waals surface area contributed by atoms with Crippen LogP contribution in [-0.4, -0.2) is 218 Å². The molecule has 29 heteroatoms. The van der Waals surface area contributed by atoms with Gasteiger partial charge >= 0.3 is 23.9 Å². The van der Waals surface area contributed by atoms with E-state index in [2.05, 4.69) is 66.4 Å². The van der Waals surface area contributed by atoms with Crippen LogP contribution in [0.4, 0.5) is 5.95 Å². The van der Waals surface area contributed by atoms with E-state index in [1.54, 1.807) is 98.4 Å². The highest BCUT2D eigenvalue weighted by Gasteiger charge is 2.40. The van der Waals surface area contributed by atoms with E-state index in [0.717, 1.165) is 22.1 Å². The Balaban J connectivity index is 0.772. The van der Waals surface area contributed by atoms with Gasteiger partial charge in [0.2, 0.25) is 31.9 Å². The molecule has 0 bridgehead atoms. The molecule has 0 unspecified atom stereocenters. The standard InChI is InChI=1S/C77H97N13O14S2/c1-74(2,3)102-68(92)52-87-42-40-86(41-43-88(53-69(93)103-75(4,5)6)45-47-89(46-44-87)54-70(94)104-76(7,8)9)51-67(91)78-36-37-82-105(98,99)61-31-26-55(27-32-61)56-28-33-62(34-29-56)106(100,101)84-65(72(96)97)50-80-71(95)57-30-35-63-64(83-85(10)66(63)48-57)49-81-73-79-38-39-90(73)77(58-20-14-11-15-21-58,59-22-16-12-17-23-59)60-24-18-13-19-25-60/h11-35,38-39,48,65,82,84H,36-37,40-47,49-54H2,1-10H3,(H,78,91)(H,79,81)(H,80,95)(H,96,97)/t65-/m0/s1. The minimum atomic E-state index is -4.48. The number of nitrogens with zero attached hydrogens (tertiary/aromatic N) is 8. The third kappa shape index (κ3) is 22.4. The van der Waals surface area contributed by atoms with Crippen LogP contribution in [0.2, 0.25) is 0 Å². The zero-order valence-electron chi connectivity index (χ0n) is 61.7. The van der Waals surface area contributed by atoms with E-state index < -0.39 is 90.7 Å². The Kier molecular flexibility index (Phi) is 26.6. The zero-order chi connectivity index (χ0) is 76.6. The van der Waals surface area contributed by atoms with Crippen molar-refractivity contribution >= 4 is 72.6 Å². The molecule has 106 heavy (non-hydrogen) atoms. The number of aromatic nitrogens is 4. The largest absolute Gasteiger partial charge is 0.480 e. The molecule has 2 amide bonds. The van der Waals surface area contributed by atoms with E-state index in [0.29, 0.717) is 80.6 Å². The first kappa shape index (κ1) is 80.4. The number of ether oxygens (including phenoxy) is 3. The van der Waals surface area contributed by atoms with Crippen LogP contribution in [0.5, 0.6) is 0 Å². The summed E-state index contributed by atoms with van der Waals surface area (Å²) >= 11 is 0. The molecule has 0 radical (unpaired) electrons. The third-order valence-corrected chi connectivity index (χ3v) is 20.2. The predicted octanol–water partition coefficient (Wildman–Crippen LogP) is 6.69. The number of carboxylic acid groups (broad SMARTS) is 1. The molecule has 1 fully saturated rings. The van der Waals surface area contributed by atoms with E-state index in [4.69, 9.17) is 24.3 Å². The van der Waals surface area contributed by atoms with E-state index in [9.17, 15) is 50.7 Å². The Morgan fingerprint density at radius 2 is 0.953 bits per heavy atom. The van der Waals surface area contributed by atoms with Crippen LogP contribution in [0.3, 0.4) is 0 Å². The molecule has 0 saturated carbocycles. The molecule has 9 rings (SSSR count). The van der Waals surface area contributed by atoms with Crippen LogP contribution < -0.4 is 25.4 Å². The van der Waals surface area contributed by atoms with Crippen LogP contribution in [0, 0.1) is 0 Å². The van der Waals surface area contributed by atoms with Crippen LogP contribution in [-0.2, 0) is 77.4 Å². The first-order valence-electron chi connectivity index (χ1n) is 35.1. The Labute approximate surface area is 620 Å². The Bertz CT molecular complexity index is 4420. The number of esters is 3. The van der Waals surface area contributed by atoms with E-state index in [-0.39, 0.29) is 61.2 Å². The highest BCUT2D eigenvalue weighted by Crippen LogP contribution is 2.42. The van der Waals surface area contributed by atoms with E-state index in [1.807, 2.05) is 80.4 Å². The Morgan fingerprint density at radius 3 is 1.38 bits per heavy atom. The number of sulfonamides is 2. The van der Waals surface area contributed by atoms with Crippen LogP contribution in [0.25, 0.3) is 22.0 Å². The molecule has 6 N–H and O–H groups in total. The lowest BCUT2D eigenvalue weighted by Gasteiger charge is -2.38. The van der Waals surface area contributed by atoms with Gasteiger partial charge in [-0.2, -0.15) is 9.82 Å². The SMILES string of the molecule is Cn1nc(CNc2nccn2C(c2ccccc2)(c2ccccc2)c2ccccc2)c2ccc(C(=O)NC[C@H](NS(=O)(=O)c3ccc(-c4ccc(S(=O)(=O)NCCNC(=O)CN5CCN(CC(=O)OC(C)(C)C)CCN(CC(=O)OC(C)(C)C)CCN(CC(=O)OC(C)(C)C)CC5)cc4)cc3)C(=O)O)cc21. The third-order valence-electron chi connectivity index (χ3n) is 17.3. The fraction of sp³-hybridized carbons (Fsp3) is 0.403. The lowest BCUT2D eigenvalue weighted by molar-refractivity contribution is -0.158. The van der Waals surface area contributed by atoms with Gasteiger partial charge in [0.05, 0.1) is 53.7 Å². The molecule has 1 atom stereocenters. The minimum absolute atomic E-state index is 0.0210. The number of aryl methyl sites for hydroxylation is 1. The summed E-state index contributed by atoms with van der Waals surface area (Å²) in [5, 5.41) is 24.6. The summed E-state index contributed by atoms with van der Waals surface area (Å²) in [4.78, 5) is 91.3. The molecule has 3 heterocycles. The lowest BCUT2D eigenvalue weighted by atomic mass is 9.76. The van der Waals surface area contributed by atoms with Gasteiger partial charge in [0.15, 0.2) is 0 Å². The molecule has 1 aliphatic rings. The predicted molar refractivity (Wildman–Crippen MR) is 402 cm³/mol. The maximum Gasteiger partial charge on any atom is 0.323 e. The number of carbonyl (C=O) groups is 6. The minimum Gasteiger partial charge on any atom is -0.480 e. The summed E-state index contributed by atoms with van der Waals surface area (Å²) in [6, 6.07) is 45.2. The molecule has 27 nitrogen and oxygen atoms in total. The molecule has 8 aromatic rings. The van der Waals surface area contributed by atoms with Crippen molar-refractivity contribution in [2.75, 3.05) is 103 Å². The second-order valence-corrected chi connectivity index (χ2v) is 32.4. The van der Waals surface area contributed by atoms with Gasteiger partial charge in [0.1, 0.15) is 28.4 Å². The van der Waals surface area contributed by atoms with E-state index in [1.165, 1.54) is 48.5 Å². The molecule has 2 aromatic heterocycles. The molecule has 1 saturated heterocycles. The number of rotatable bonds is 28. The van der Waals surface area contributed by atoms with Gasteiger partial charge in [-0.1, -0.05) is 121 Å². The molecule has 0 spiro atoms. The summed E-state index contributed by atoms with van der Waals surface area (Å²) < 4.78 is 79.9. The number of carbonyl (C=O) groups excluding carboxylic acids is 5. The summed E-state index contributed by atoms with van der Waals surface area (Å²) in [6.45, 7) is 18.0. The highest BCUT2D eigenvalue weighted by molar-refractivity contribution is 7.89. The van der Waals surface area contributed by atoms with Crippen molar-refractivity contribution in [1.29, 1.82) is 0 Å². The van der Waals surface area contributed by atoms with Crippen molar-refractivity contribution in [1.82, 2.24) is 59.0 Å². The number of aliphatic carboxylic acids is 1. The van der Waals surface area contributed by atoms with Gasteiger partial charge in [-0.3, -0.25) is 57.6 Å². The topological polar surface area (TPSA) is 327 Å². The van der Waals surface area contributed by atoms with Gasteiger partial charge < -0.3 is 35.3 Å². The normalized spacial score (nSPS) is 14.8. The number of carboxylic acids is 1. The number of hydrogen-bond acceptors (Lipinski definition) is 20. The molecular formula is C77H97N13O14S2. The molecular weight excluding hydrogens is 1400 g/mol. The zero-order valence-corrected chi connectivity index (χ0v) is 63.3. The fourth-order valence-electron chi connectivity index (χ4n) is 12.4. The first-order valence-corrected chi connectivity index (χ1v) is 38.1. The number of fused-ring (bicyclic) bond motifs is 1. The molecule has 566 valence electrons. The Hall–Kier alpha value is -9.72. The van der Waals surface area contributed by atoms with E-state index >= 15 is 0 Å². The average molecular weight is 1490 g/mol. The lowest BCUT2D eigenvalue weighted by Crippen LogP contribution is -2.50. The molecule has 0 aliphatic carbocycles. The number of hydrogen-bond donors (Lipinski definition) is 6. The number of amides is 2. The number of anilines is 1. The highest BCUT2D eigenvalue weighted by atomic mass is 32.2. The molecule has 1 aliphatic heterocycles. The van der Waals surface area contributed by atoms with Crippen LogP contribution in [0.1, 0.15) is 95.1 Å². The van der Waals surface area contributed by atoms with Gasteiger partial charge in [0, 0.05) is 102 Å². The van der Waals surface area contributed by atoms with Crippen molar-refractivity contribution in [2.24, 2.45) is 7.05 Å². The van der Waals surface area contributed by atoms with Crippen molar-refractivity contribution in [2.45, 2.75) is 107 Å². The monoisotopic (exact) mass is 1490 g/mol. The summed E-state index contributed by atoms with van der Waals surface area (Å²) in [5.41, 5.74) is 2.57. The van der Waals surface area contributed by atoms with Crippen molar-refractivity contribution in [3.05, 3.63) is 198 Å². The smallest absolute Gasteiger partial charge is 0.323 e. The van der Waals surface area contributed by atoms with Gasteiger partial charge in [0.25, 0.3) is 5.91 Å². The van der Waals surface area contributed by atoms with Gasteiger partial charge in [-0.25, -0.2) is 26.5 Å². The summed E-state index contributed by atoms with van der Waals surface area (Å²) in [7, 11) is -6.82. The number of benzene rings is 6. The van der Waals surface area contributed by atoms with Gasteiger partial charge in [-0.05, 0) is 127 Å². The van der Waals surface area contributed by atoms with Crippen molar-refractivity contribution in [3.8, 4) is 11.1 Å². The Morgan fingerprint density at radius 1 is 0.528 bits per heavy atom. The van der Waals surface area contributed by atoms with Crippen molar-refractivity contribution in [3.63, 3.8) is 0 Å². The quantitative estimate of drug-likeness (QED) is 0.0129. The second kappa shape index (κ2) is 35.1. The maximum absolute atomic E-state index is 13.7. The fourth-order valence-corrected chi connectivity index (χ4v) is 14.6. The molecule has 6 aromatic carbocycles. The first-order chi connectivity index (χ1) is 50.1. The van der Waals surface area contributed by atoms with Crippen LogP contribution >= 0.6 is 0 Å². The maximum atomic E-state index is 13.7. The van der Waals surface area contributed by atoms with Crippen molar-refractivity contribution < 1.29 is 64.9 Å². The van der Waals surface area contributed by atoms with Gasteiger partial charge in [-0.15, -0.1) is 0 Å². The second-order valence-electron chi connectivity index (χ2n) is 29.0. The number of nitrogens with one attached hydrogen (secondary N) is 5. The van der Waals surface area contributed by atoms with Crippen LogP contribution in [0.15, 0.2) is 180 Å². The number of imidazole rings is 1.